The number of carbonyl (C=O) groups excluding carboxylic acids is 1. The molecule has 0 aliphatic heterocycles. The van der Waals surface area contributed by atoms with Crippen LogP contribution in [0.15, 0.2) is 18.2 Å². The van der Waals surface area contributed by atoms with Crippen molar-refractivity contribution in [3.8, 4) is 0 Å². The van der Waals surface area contributed by atoms with Gasteiger partial charge in [-0.05, 0) is 36.8 Å². The van der Waals surface area contributed by atoms with Crippen LogP contribution < -0.4 is 5.32 Å². The van der Waals surface area contributed by atoms with Crippen molar-refractivity contribution in [2.24, 2.45) is 5.41 Å². The number of nitro benzene ring substituents is 1. The van der Waals surface area contributed by atoms with Gasteiger partial charge in [-0.2, -0.15) is 0 Å². The van der Waals surface area contributed by atoms with E-state index in [-0.39, 0.29) is 17.0 Å². The fourth-order valence-corrected chi connectivity index (χ4v) is 2.35. The minimum absolute atomic E-state index is 0.00157. The maximum absolute atomic E-state index is 12.2. The monoisotopic (exact) mass is 356 g/mol. The summed E-state index contributed by atoms with van der Waals surface area (Å²) in [5, 5.41) is 14.6. The van der Waals surface area contributed by atoms with E-state index in [1.807, 2.05) is 0 Å². The predicted octanol–water partition coefficient (Wildman–Crippen LogP) is 3.83. The molecule has 1 N–H and O–H groups in total. The van der Waals surface area contributed by atoms with Crippen LogP contribution in [0.5, 0.6) is 0 Å². The van der Waals surface area contributed by atoms with E-state index in [4.69, 9.17) is 0 Å². The number of halogens is 1. The van der Waals surface area contributed by atoms with Crippen LogP contribution in [0.25, 0.3) is 0 Å². The molecule has 1 rings (SSSR count). The first-order valence-corrected chi connectivity index (χ1v) is 7.98. The largest absolute Gasteiger partial charge is 0.351 e. The molecule has 6 heteroatoms. The first-order valence-electron chi connectivity index (χ1n) is 6.86. The van der Waals surface area contributed by atoms with E-state index in [1.54, 1.807) is 6.92 Å². The SMILES string of the molecule is Cc1cc([N+](=O)[O-])ccc1C(=O)NCC(C)(C)CCCBr. The molecule has 0 fully saturated rings. The quantitative estimate of drug-likeness (QED) is 0.458. The smallest absolute Gasteiger partial charge is 0.269 e. The molecule has 0 saturated heterocycles. The van der Waals surface area contributed by atoms with Crippen molar-refractivity contribution >= 4 is 27.5 Å². The number of hydrogen-bond donors (Lipinski definition) is 1. The van der Waals surface area contributed by atoms with Crippen LogP contribution in [0.3, 0.4) is 0 Å². The van der Waals surface area contributed by atoms with Gasteiger partial charge in [-0.15, -0.1) is 0 Å². The van der Waals surface area contributed by atoms with Crippen molar-refractivity contribution in [1.29, 1.82) is 0 Å². The number of nitrogens with one attached hydrogen (secondary N) is 1. The molecular weight excluding hydrogens is 336 g/mol. The van der Waals surface area contributed by atoms with Crippen LogP contribution in [-0.4, -0.2) is 22.7 Å². The first-order chi connectivity index (χ1) is 9.76. The number of aryl methyl sites for hydroxylation is 1. The highest BCUT2D eigenvalue weighted by Gasteiger charge is 2.20. The third-order valence-corrected chi connectivity index (χ3v) is 3.94. The van der Waals surface area contributed by atoms with E-state index in [2.05, 4.69) is 35.1 Å². The van der Waals surface area contributed by atoms with Gasteiger partial charge < -0.3 is 5.32 Å². The number of alkyl halides is 1. The minimum Gasteiger partial charge on any atom is -0.351 e. The van der Waals surface area contributed by atoms with Gasteiger partial charge in [0.25, 0.3) is 11.6 Å². The second-order valence-corrected chi connectivity index (χ2v) is 6.69. The number of nitrogens with zero attached hydrogens (tertiary/aromatic N) is 1. The Morgan fingerprint density at radius 3 is 2.62 bits per heavy atom. The third kappa shape index (κ3) is 5.46. The standard InChI is InChI=1S/C15H21BrN2O3/c1-11-9-12(18(20)21)5-6-13(11)14(19)17-10-15(2,3)7-4-8-16/h5-6,9H,4,7-8,10H2,1-3H3,(H,17,19). The number of amides is 1. The van der Waals surface area contributed by atoms with Gasteiger partial charge in [-0.1, -0.05) is 29.8 Å². The second kappa shape index (κ2) is 7.54. The lowest BCUT2D eigenvalue weighted by atomic mass is 9.88. The topological polar surface area (TPSA) is 72.2 Å². The van der Waals surface area contributed by atoms with Crippen molar-refractivity contribution in [2.45, 2.75) is 33.6 Å². The van der Waals surface area contributed by atoms with Crippen molar-refractivity contribution in [1.82, 2.24) is 5.32 Å². The number of carbonyl (C=O) groups is 1. The lowest BCUT2D eigenvalue weighted by Crippen LogP contribution is -2.34. The summed E-state index contributed by atoms with van der Waals surface area (Å²) in [6.45, 7) is 6.50. The van der Waals surface area contributed by atoms with Gasteiger partial charge in [0.2, 0.25) is 0 Å². The molecule has 0 bridgehead atoms. The third-order valence-electron chi connectivity index (χ3n) is 3.38. The summed E-state index contributed by atoms with van der Waals surface area (Å²) in [5.74, 6) is -0.186. The van der Waals surface area contributed by atoms with Gasteiger partial charge in [-0.3, -0.25) is 14.9 Å². The van der Waals surface area contributed by atoms with E-state index in [0.717, 1.165) is 18.2 Å². The number of rotatable bonds is 7. The van der Waals surface area contributed by atoms with E-state index in [0.29, 0.717) is 17.7 Å². The number of non-ortho nitro benzene ring substituents is 1. The molecule has 0 saturated carbocycles. The Hall–Kier alpha value is -1.43. The summed E-state index contributed by atoms with van der Waals surface area (Å²) in [6, 6.07) is 4.29. The fraction of sp³-hybridized carbons (Fsp3) is 0.533. The van der Waals surface area contributed by atoms with Gasteiger partial charge in [0, 0.05) is 29.6 Å². The zero-order valence-electron chi connectivity index (χ0n) is 12.6. The van der Waals surface area contributed by atoms with E-state index in [1.165, 1.54) is 18.2 Å². The highest BCUT2D eigenvalue weighted by molar-refractivity contribution is 9.09. The second-order valence-electron chi connectivity index (χ2n) is 5.90. The van der Waals surface area contributed by atoms with E-state index < -0.39 is 4.92 Å². The molecular formula is C15H21BrN2O3. The molecule has 1 aromatic carbocycles. The molecule has 0 heterocycles. The Labute approximate surface area is 133 Å². The molecule has 0 aliphatic rings. The Bertz CT molecular complexity index is 530. The van der Waals surface area contributed by atoms with Crippen LogP contribution in [0, 0.1) is 22.5 Å². The average molecular weight is 357 g/mol. The summed E-state index contributed by atoms with van der Waals surface area (Å²) >= 11 is 3.40. The summed E-state index contributed by atoms with van der Waals surface area (Å²) in [4.78, 5) is 22.4. The summed E-state index contributed by atoms with van der Waals surface area (Å²) in [7, 11) is 0. The van der Waals surface area contributed by atoms with Crippen molar-refractivity contribution in [3.63, 3.8) is 0 Å². The zero-order valence-corrected chi connectivity index (χ0v) is 14.2. The van der Waals surface area contributed by atoms with Gasteiger partial charge in [0.15, 0.2) is 0 Å². The number of nitro groups is 1. The molecule has 0 aliphatic carbocycles. The van der Waals surface area contributed by atoms with Crippen molar-refractivity contribution in [3.05, 3.63) is 39.4 Å². The molecule has 21 heavy (non-hydrogen) atoms. The summed E-state index contributed by atoms with van der Waals surface area (Å²) in [5.41, 5.74) is 1.12. The molecule has 1 aromatic rings. The predicted molar refractivity (Wildman–Crippen MR) is 87.0 cm³/mol. The molecule has 5 nitrogen and oxygen atoms in total. The lowest BCUT2D eigenvalue weighted by Gasteiger charge is -2.24. The molecule has 0 aromatic heterocycles. The Balaban J connectivity index is 2.70. The lowest BCUT2D eigenvalue weighted by molar-refractivity contribution is -0.384. The van der Waals surface area contributed by atoms with E-state index >= 15 is 0 Å². The fourth-order valence-electron chi connectivity index (χ4n) is 2.06. The summed E-state index contributed by atoms with van der Waals surface area (Å²) in [6.07, 6.45) is 2.07. The Morgan fingerprint density at radius 1 is 1.43 bits per heavy atom. The van der Waals surface area contributed by atoms with Crippen LogP contribution in [0.2, 0.25) is 0 Å². The highest BCUT2D eigenvalue weighted by atomic mass is 79.9. The Morgan fingerprint density at radius 2 is 2.10 bits per heavy atom. The van der Waals surface area contributed by atoms with Gasteiger partial charge in [-0.25, -0.2) is 0 Å². The molecule has 0 atom stereocenters. The van der Waals surface area contributed by atoms with Crippen LogP contribution in [0.1, 0.15) is 42.6 Å². The number of hydrogen-bond acceptors (Lipinski definition) is 3. The number of benzene rings is 1. The van der Waals surface area contributed by atoms with Crippen LogP contribution >= 0.6 is 15.9 Å². The van der Waals surface area contributed by atoms with Crippen LogP contribution in [0.4, 0.5) is 5.69 Å². The average Bonchev–Trinajstić information content (AvgIpc) is 2.42. The van der Waals surface area contributed by atoms with E-state index in [9.17, 15) is 14.9 Å². The van der Waals surface area contributed by atoms with Gasteiger partial charge >= 0.3 is 0 Å². The maximum Gasteiger partial charge on any atom is 0.269 e. The molecule has 0 spiro atoms. The normalized spacial score (nSPS) is 11.2. The van der Waals surface area contributed by atoms with Crippen molar-refractivity contribution < 1.29 is 9.72 Å². The molecule has 0 unspecified atom stereocenters. The van der Waals surface area contributed by atoms with Crippen molar-refractivity contribution in [2.75, 3.05) is 11.9 Å². The highest BCUT2D eigenvalue weighted by Crippen LogP contribution is 2.22. The molecule has 116 valence electrons. The maximum atomic E-state index is 12.2. The summed E-state index contributed by atoms with van der Waals surface area (Å²) < 4.78 is 0. The zero-order chi connectivity index (χ0) is 16.0. The Kier molecular flexibility index (Phi) is 6.33. The minimum atomic E-state index is -0.460. The van der Waals surface area contributed by atoms with Gasteiger partial charge in [0.1, 0.15) is 0 Å². The van der Waals surface area contributed by atoms with Crippen LogP contribution in [-0.2, 0) is 0 Å². The molecule has 1 amide bonds. The van der Waals surface area contributed by atoms with Gasteiger partial charge in [0.05, 0.1) is 4.92 Å². The first kappa shape index (κ1) is 17.6. The molecule has 0 radical (unpaired) electrons.